The number of alkyl carbamates (subject to hydrolysis) is 1. The molecule has 6 nitrogen and oxygen atoms in total. The van der Waals surface area contributed by atoms with Gasteiger partial charge in [-0.05, 0) is 28.7 Å². The third kappa shape index (κ3) is 4.86. The first-order valence-corrected chi connectivity index (χ1v) is 9.16. The van der Waals surface area contributed by atoms with Crippen LogP contribution in [-0.4, -0.2) is 55.4 Å². The van der Waals surface area contributed by atoms with Crippen LogP contribution in [0, 0.1) is 0 Å². The fourth-order valence-corrected chi connectivity index (χ4v) is 3.29. The molecule has 3 rings (SSSR count). The Hall–Kier alpha value is -2.41. The Balaban J connectivity index is 1.44. The van der Waals surface area contributed by atoms with Crippen molar-refractivity contribution in [2.24, 2.45) is 0 Å². The van der Waals surface area contributed by atoms with E-state index in [4.69, 9.17) is 19.7 Å². The lowest BCUT2D eigenvalue weighted by Gasteiger charge is -2.14. The number of rotatable bonds is 9. The lowest BCUT2D eigenvalue weighted by Crippen LogP contribution is -2.28. The molecule has 0 radical (unpaired) electrons. The summed E-state index contributed by atoms with van der Waals surface area (Å²) in [5.74, 6) is 0.0476. The van der Waals surface area contributed by atoms with Crippen LogP contribution in [0.25, 0.3) is 11.1 Å². The zero-order valence-corrected chi connectivity index (χ0v) is 15.1. The van der Waals surface area contributed by atoms with Gasteiger partial charge in [-0.15, -0.1) is 0 Å². The Bertz CT molecular complexity index is 718. The molecule has 144 valence electrons. The molecular weight excluding hydrogens is 346 g/mol. The Labute approximate surface area is 158 Å². The number of amides is 1. The van der Waals surface area contributed by atoms with E-state index in [2.05, 4.69) is 29.6 Å². The molecule has 0 aliphatic heterocycles. The summed E-state index contributed by atoms with van der Waals surface area (Å²) in [6, 6.07) is 16.4. The molecule has 1 unspecified atom stereocenters. The molecule has 1 atom stereocenters. The number of hydrogen-bond acceptors (Lipinski definition) is 5. The van der Waals surface area contributed by atoms with Crippen molar-refractivity contribution in [1.82, 2.24) is 5.32 Å². The second-order valence-corrected chi connectivity index (χ2v) is 6.52. The minimum Gasteiger partial charge on any atom is -0.449 e. The molecule has 2 aromatic carbocycles. The van der Waals surface area contributed by atoms with Gasteiger partial charge in [0.15, 0.2) is 0 Å². The maximum Gasteiger partial charge on any atom is 0.407 e. The smallest absolute Gasteiger partial charge is 0.407 e. The van der Waals surface area contributed by atoms with Gasteiger partial charge in [0.25, 0.3) is 0 Å². The summed E-state index contributed by atoms with van der Waals surface area (Å²) in [5.41, 5.74) is 4.76. The number of hydrogen-bond donors (Lipinski definition) is 3. The van der Waals surface area contributed by atoms with Crippen molar-refractivity contribution >= 4 is 6.09 Å². The van der Waals surface area contributed by atoms with E-state index >= 15 is 0 Å². The van der Waals surface area contributed by atoms with E-state index in [1.54, 1.807) is 0 Å². The van der Waals surface area contributed by atoms with E-state index < -0.39 is 12.2 Å². The van der Waals surface area contributed by atoms with Gasteiger partial charge in [0, 0.05) is 19.1 Å². The number of aliphatic hydroxyl groups is 2. The third-order valence-corrected chi connectivity index (χ3v) is 4.60. The summed E-state index contributed by atoms with van der Waals surface area (Å²) in [4.78, 5) is 12.0. The minimum atomic E-state index is -0.861. The first kappa shape index (κ1) is 19.4. The lowest BCUT2D eigenvalue weighted by atomic mass is 9.98. The lowest BCUT2D eigenvalue weighted by molar-refractivity contribution is 0.00575. The van der Waals surface area contributed by atoms with Crippen LogP contribution >= 0.6 is 0 Å². The van der Waals surface area contributed by atoms with Crippen LogP contribution in [0.4, 0.5) is 4.79 Å². The average molecular weight is 371 g/mol. The van der Waals surface area contributed by atoms with Crippen LogP contribution in [0.3, 0.4) is 0 Å². The van der Waals surface area contributed by atoms with Crippen LogP contribution in [0.1, 0.15) is 23.5 Å². The Morgan fingerprint density at radius 2 is 1.70 bits per heavy atom. The van der Waals surface area contributed by atoms with E-state index in [-0.39, 0.29) is 19.1 Å². The summed E-state index contributed by atoms with van der Waals surface area (Å²) < 4.78 is 10.6. The van der Waals surface area contributed by atoms with Crippen LogP contribution in [-0.2, 0) is 9.47 Å². The van der Waals surface area contributed by atoms with Gasteiger partial charge in [0.2, 0.25) is 0 Å². The van der Waals surface area contributed by atoms with Gasteiger partial charge in [-0.3, -0.25) is 0 Å². The maximum absolute atomic E-state index is 12.0. The predicted octanol–water partition coefficient (Wildman–Crippen LogP) is 2.29. The molecule has 3 N–H and O–H groups in total. The van der Waals surface area contributed by atoms with Crippen molar-refractivity contribution in [2.45, 2.75) is 18.4 Å². The Morgan fingerprint density at radius 3 is 2.33 bits per heavy atom. The van der Waals surface area contributed by atoms with Crippen LogP contribution in [0.2, 0.25) is 0 Å². The van der Waals surface area contributed by atoms with Crippen LogP contribution < -0.4 is 5.32 Å². The van der Waals surface area contributed by atoms with E-state index in [0.717, 1.165) is 0 Å². The van der Waals surface area contributed by atoms with Gasteiger partial charge in [-0.1, -0.05) is 48.5 Å². The summed E-state index contributed by atoms with van der Waals surface area (Å²) in [6.07, 6.45) is -0.713. The number of benzene rings is 2. The molecule has 2 aromatic rings. The molecule has 1 aliphatic rings. The molecule has 0 aromatic heterocycles. The van der Waals surface area contributed by atoms with E-state index in [1.807, 2.05) is 24.3 Å². The molecule has 0 fully saturated rings. The largest absolute Gasteiger partial charge is 0.449 e. The van der Waals surface area contributed by atoms with Crippen molar-refractivity contribution in [1.29, 1.82) is 0 Å². The van der Waals surface area contributed by atoms with Gasteiger partial charge in [-0.2, -0.15) is 0 Å². The standard InChI is InChI=1S/C21H25NO5/c23-12-15(24)13-26-11-5-10-22-21(25)27-14-20-18-8-3-1-6-16(18)17-7-2-4-9-19(17)20/h1-4,6-9,15,20,23-24H,5,10-14H2,(H,22,25). The fourth-order valence-electron chi connectivity index (χ4n) is 3.29. The van der Waals surface area contributed by atoms with E-state index in [1.165, 1.54) is 22.3 Å². The molecule has 0 saturated heterocycles. The molecule has 0 bridgehead atoms. The van der Waals surface area contributed by atoms with Crippen molar-refractivity contribution in [3.05, 3.63) is 59.7 Å². The highest BCUT2D eigenvalue weighted by molar-refractivity contribution is 5.79. The zero-order valence-electron chi connectivity index (χ0n) is 15.1. The molecule has 0 heterocycles. The quantitative estimate of drug-likeness (QED) is 0.589. The Morgan fingerprint density at radius 1 is 1.07 bits per heavy atom. The summed E-state index contributed by atoms with van der Waals surface area (Å²) in [6.45, 7) is 0.866. The molecule has 1 amide bonds. The highest BCUT2D eigenvalue weighted by Crippen LogP contribution is 2.44. The molecule has 0 saturated carbocycles. The van der Waals surface area contributed by atoms with Gasteiger partial charge in [0.05, 0.1) is 13.2 Å². The molecule has 27 heavy (non-hydrogen) atoms. The first-order chi connectivity index (χ1) is 13.2. The third-order valence-electron chi connectivity index (χ3n) is 4.60. The van der Waals surface area contributed by atoms with Crippen LogP contribution in [0.15, 0.2) is 48.5 Å². The number of carbonyl (C=O) groups excluding carboxylic acids is 1. The Kier molecular flexibility index (Phi) is 6.81. The van der Waals surface area contributed by atoms with Gasteiger partial charge in [0.1, 0.15) is 12.7 Å². The van der Waals surface area contributed by atoms with Gasteiger partial charge in [-0.25, -0.2) is 4.79 Å². The summed E-state index contributed by atoms with van der Waals surface area (Å²) in [7, 11) is 0. The molecule has 6 heteroatoms. The summed E-state index contributed by atoms with van der Waals surface area (Å²) in [5, 5.41) is 20.5. The number of fused-ring (bicyclic) bond motifs is 3. The van der Waals surface area contributed by atoms with Gasteiger partial charge >= 0.3 is 6.09 Å². The SMILES string of the molecule is O=C(NCCCOCC(O)CO)OCC1c2ccccc2-c2ccccc21. The number of nitrogens with one attached hydrogen (secondary N) is 1. The average Bonchev–Trinajstić information content (AvgIpc) is 3.02. The molecular formula is C21H25NO5. The van der Waals surface area contributed by atoms with E-state index in [9.17, 15) is 4.79 Å². The van der Waals surface area contributed by atoms with Crippen molar-refractivity contribution in [3.8, 4) is 11.1 Å². The van der Waals surface area contributed by atoms with Gasteiger partial charge < -0.3 is 25.0 Å². The van der Waals surface area contributed by atoms with Crippen molar-refractivity contribution in [3.63, 3.8) is 0 Å². The van der Waals surface area contributed by atoms with Crippen molar-refractivity contribution in [2.75, 3.05) is 33.0 Å². The normalized spacial score (nSPS) is 13.7. The minimum absolute atomic E-state index is 0.0476. The number of ether oxygens (including phenoxy) is 2. The molecule has 0 spiro atoms. The number of aliphatic hydroxyl groups excluding tert-OH is 2. The zero-order chi connectivity index (χ0) is 19.1. The summed E-state index contributed by atoms with van der Waals surface area (Å²) >= 11 is 0. The maximum atomic E-state index is 12.0. The molecule has 1 aliphatic carbocycles. The highest BCUT2D eigenvalue weighted by atomic mass is 16.5. The topological polar surface area (TPSA) is 88.0 Å². The highest BCUT2D eigenvalue weighted by Gasteiger charge is 2.28. The monoisotopic (exact) mass is 371 g/mol. The predicted molar refractivity (Wildman–Crippen MR) is 102 cm³/mol. The first-order valence-electron chi connectivity index (χ1n) is 9.16. The second kappa shape index (κ2) is 9.50. The number of carbonyl (C=O) groups is 1. The van der Waals surface area contributed by atoms with Crippen LogP contribution in [0.5, 0.6) is 0 Å². The van der Waals surface area contributed by atoms with E-state index in [0.29, 0.717) is 26.2 Å². The second-order valence-electron chi connectivity index (χ2n) is 6.52. The van der Waals surface area contributed by atoms with Crippen molar-refractivity contribution < 1.29 is 24.5 Å². The fraction of sp³-hybridized carbons (Fsp3) is 0.381.